The van der Waals surface area contributed by atoms with Crippen molar-refractivity contribution < 1.29 is 4.39 Å². The molecule has 3 heteroatoms. The van der Waals surface area contributed by atoms with E-state index in [4.69, 9.17) is 0 Å². The van der Waals surface area contributed by atoms with Crippen LogP contribution in [0, 0.1) is 5.82 Å². The van der Waals surface area contributed by atoms with Crippen molar-refractivity contribution in [2.75, 3.05) is 18.5 Å². The molecule has 2 nitrogen and oxygen atoms in total. The molecule has 0 fully saturated rings. The highest BCUT2D eigenvalue weighted by atomic mass is 19.1. The first kappa shape index (κ1) is 14.0. The summed E-state index contributed by atoms with van der Waals surface area (Å²) < 4.78 is 13.1. The maximum absolute atomic E-state index is 13.1. The molecule has 0 aliphatic heterocycles. The number of hydrogen-bond acceptors (Lipinski definition) is 2. The molecule has 1 rings (SSSR count). The highest BCUT2D eigenvalue weighted by molar-refractivity contribution is 5.46. The summed E-state index contributed by atoms with van der Waals surface area (Å²) in [6, 6.07) is 7.01. The molecule has 0 spiro atoms. The number of hydrogen-bond donors (Lipinski definition) is 1. The summed E-state index contributed by atoms with van der Waals surface area (Å²) in [7, 11) is 1.99. The number of halogens is 1. The first-order valence-electron chi connectivity index (χ1n) is 6.03. The molecule has 96 valence electrons. The first-order chi connectivity index (χ1) is 7.79. The lowest BCUT2D eigenvalue weighted by Gasteiger charge is -2.30. The third kappa shape index (κ3) is 4.73. The summed E-state index contributed by atoms with van der Waals surface area (Å²) in [4.78, 5) is 2.09. The van der Waals surface area contributed by atoms with E-state index >= 15 is 0 Å². The minimum Gasteiger partial charge on any atom is -0.371 e. The largest absolute Gasteiger partial charge is 0.371 e. The highest BCUT2D eigenvalue weighted by Crippen LogP contribution is 2.16. The summed E-state index contributed by atoms with van der Waals surface area (Å²) in [5.41, 5.74) is 1.02. The summed E-state index contributed by atoms with van der Waals surface area (Å²) in [5, 5.41) is 3.45. The van der Waals surface area contributed by atoms with E-state index in [1.807, 2.05) is 13.1 Å². The van der Waals surface area contributed by atoms with Crippen molar-refractivity contribution in [1.82, 2.24) is 5.32 Å². The molecule has 1 aromatic rings. The Kier molecular flexibility index (Phi) is 4.52. The van der Waals surface area contributed by atoms with E-state index in [-0.39, 0.29) is 11.4 Å². The number of nitrogens with zero attached hydrogens (tertiary/aromatic N) is 1. The van der Waals surface area contributed by atoms with Gasteiger partial charge in [0.1, 0.15) is 5.82 Å². The van der Waals surface area contributed by atoms with E-state index in [1.54, 1.807) is 12.1 Å². The average molecular weight is 238 g/mol. The Morgan fingerprint density at radius 1 is 1.35 bits per heavy atom. The van der Waals surface area contributed by atoms with Gasteiger partial charge in [-0.15, -0.1) is 0 Å². The monoisotopic (exact) mass is 238 g/mol. The lowest BCUT2D eigenvalue weighted by molar-refractivity contribution is 0.408. The van der Waals surface area contributed by atoms with Crippen molar-refractivity contribution in [1.29, 1.82) is 0 Å². The highest BCUT2D eigenvalue weighted by Gasteiger charge is 2.14. The molecule has 0 aromatic heterocycles. The van der Waals surface area contributed by atoms with Gasteiger partial charge in [-0.3, -0.25) is 0 Å². The molecule has 1 unspecified atom stereocenters. The summed E-state index contributed by atoms with van der Waals surface area (Å²) >= 11 is 0. The van der Waals surface area contributed by atoms with Gasteiger partial charge < -0.3 is 10.2 Å². The second-order valence-corrected chi connectivity index (χ2v) is 5.57. The number of rotatable bonds is 4. The SMILES string of the molecule is CC(CNC(C)(C)C)N(C)c1cccc(F)c1. The van der Waals surface area contributed by atoms with Crippen LogP contribution in [-0.2, 0) is 0 Å². The molecule has 0 aliphatic rings. The molecule has 0 heterocycles. The van der Waals surface area contributed by atoms with Crippen molar-refractivity contribution in [3.05, 3.63) is 30.1 Å². The molecule has 1 N–H and O–H groups in total. The summed E-state index contributed by atoms with van der Waals surface area (Å²) in [6.07, 6.45) is 0. The van der Waals surface area contributed by atoms with E-state index in [9.17, 15) is 4.39 Å². The van der Waals surface area contributed by atoms with Crippen molar-refractivity contribution in [2.45, 2.75) is 39.3 Å². The third-order valence-electron chi connectivity index (χ3n) is 2.80. The van der Waals surface area contributed by atoms with E-state index in [2.05, 4.69) is 37.9 Å². The maximum Gasteiger partial charge on any atom is 0.125 e. The van der Waals surface area contributed by atoms with Crippen molar-refractivity contribution in [3.63, 3.8) is 0 Å². The van der Waals surface area contributed by atoms with Crippen LogP contribution in [0.4, 0.5) is 10.1 Å². The summed E-state index contributed by atoms with van der Waals surface area (Å²) in [5.74, 6) is -0.190. The van der Waals surface area contributed by atoms with E-state index in [0.29, 0.717) is 6.04 Å². The molecule has 0 bridgehead atoms. The van der Waals surface area contributed by atoms with Crippen LogP contribution in [0.1, 0.15) is 27.7 Å². The fourth-order valence-corrected chi connectivity index (χ4v) is 1.54. The zero-order valence-corrected chi connectivity index (χ0v) is 11.4. The van der Waals surface area contributed by atoms with Gasteiger partial charge in [-0.25, -0.2) is 4.39 Å². The number of anilines is 1. The van der Waals surface area contributed by atoms with Crippen molar-refractivity contribution >= 4 is 5.69 Å². The van der Waals surface area contributed by atoms with Crippen LogP contribution < -0.4 is 10.2 Å². The van der Waals surface area contributed by atoms with E-state index in [1.165, 1.54) is 6.07 Å². The van der Waals surface area contributed by atoms with Gasteiger partial charge in [0.2, 0.25) is 0 Å². The van der Waals surface area contributed by atoms with Gasteiger partial charge in [-0.2, -0.15) is 0 Å². The van der Waals surface area contributed by atoms with Gasteiger partial charge in [0.15, 0.2) is 0 Å². The van der Waals surface area contributed by atoms with Crippen molar-refractivity contribution in [3.8, 4) is 0 Å². The predicted octanol–water partition coefficient (Wildman–Crippen LogP) is 3.04. The number of nitrogens with one attached hydrogen (secondary N) is 1. The fourth-order valence-electron chi connectivity index (χ4n) is 1.54. The van der Waals surface area contributed by atoms with Gasteiger partial charge in [0.25, 0.3) is 0 Å². The van der Waals surface area contributed by atoms with E-state index in [0.717, 1.165) is 12.2 Å². The van der Waals surface area contributed by atoms with Crippen LogP contribution >= 0.6 is 0 Å². The molecule has 1 aromatic carbocycles. The van der Waals surface area contributed by atoms with Gasteiger partial charge in [-0.1, -0.05) is 6.07 Å². The minimum atomic E-state index is -0.190. The smallest absolute Gasteiger partial charge is 0.125 e. The Balaban J connectivity index is 2.60. The van der Waals surface area contributed by atoms with Crippen LogP contribution in [0.3, 0.4) is 0 Å². The fraction of sp³-hybridized carbons (Fsp3) is 0.571. The molecule has 0 saturated heterocycles. The molecule has 1 atom stereocenters. The zero-order chi connectivity index (χ0) is 13.1. The standard InChI is InChI=1S/C14H23FN2/c1-11(10-16-14(2,3)4)17(5)13-8-6-7-12(15)9-13/h6-9,11,16H,10H2,1-5H3. The molecular weight excluding hydrogens is 215 g/mol. The van der Waals surface area contributed by atoms with Gasteiger partial charge in [0.05, 0.1) is 0 Å². The van der Waals surface area contributed by atoms with Gasteiger partial charge in [0, 0.05) is 30.9 Å². The van der Waals surface area contributed by atoms with Crippen LogP contribution in [0.5, 0.6) is 0 Å². The molecule has 0 aliphatic carbocycles. The lowest BCUT2D eigenvalue weighted by atomic mass is 10.1. The maximum atomic E-state index is 13.1. The Morgan fingerprint density at radius 2 is 2.00 bits per heavy atom. The molecule has 0 saturated carbocycles. The topological polar surface area (TPSA) is 15.3 Å². The van der Waals surface area contributed by atoms with Crippen LogP contribution in [-0.4, -0.2) is 25.2 Å². The Labute approximate surface area is 104 Å². The van der Waals surface area contributed by atoms with Gasteiger partial charge >= 0.3 is 0 Å². The van der Waals surface area contributed by atoms with Crippen LogP contribution in [0.25, 0.3) is 0 Å². The minimum absolute atomic E-state index is 0.108. The van der Waals surface area contributed by atoms with Crippen LogP contribution in [0.15, 0.2) is 24.3 Å². The molecule has 0 radical (unpaired) electrons. The average Bonchev–Trinajstić information content (AvgIpc) is 2.24. The molecule has 17 heavy (non-hydrogen) atoms. The third-order valence-corrected chi connectivity index (χ3v) is 2.80. The number of benzene rings is 1. The quantitative estimate of drug-likeness (QED) is 0.867. The predicted molar refractivity (Wildman–Crippen MR) is 72.0 cm³/mol. The molecular formula is C14H23FN2. The lowest BCUT2D eigenvalue weighted by Crippen LogP contribution is -2.45. The Morgan fingerprint density at radius 3 is 2.53 bits per heavy atom. The zero-order valence-electron chi connectivity index (χ0n) is 11.4. The summed E-state index contributed by atoms with van der Waals surface area (Å²) in [6.45, 7) is 9.42. The molecule has 0 amide bonds. The van der Waals surface area contributed by atoms with E-state index < -0.39 is 0 Å². The van der Waals surface area contributed by atoms with Crippen LogP contribution in [0.2, 0.25) is 0 Å². The Hall–Kier alpha value is -1.09. The second-order valence-electron chi connectivity index (χ2n) is 5.57. The second kappa shape index (κ2) is 5.50. The Bertz CT molecular complexity index is 357. The number of likely N-dealkylation sites (N-methyl/N-ethyl adjacent to an activating group) is 1. The van der Waals surface area contributed by atoms with Gasteiger partial charge in [-0.05, 0) is 45.9 Å². The first-order valence-corrected chi connectivity index (χ1v) is 6.03. The normalized spacial score (nSPS) is 13.5. The van der Waals surface area contributed by atoms with Crippen molar-refractivity contribution in [2.24, 2.45) is 0 Å².